The van der Waals surface area contributed by atoms with Crippen LogP contribution in [0.15, 0.2) is 17.5 Å². The first-order valence-corrected chi connectivity index (χ1v) is 7.84. The monoisotopic (exact) mass is 252 g/mol. The van der Waals surface area contributed by atoms with Crippen LogP contribution in [0.1, 0.15) is 56.7 Å². The van der Waals surface area contributed by atoms with Gasteiger partial charge in [0.2, 0.25) is 0 Å². The van der Waals surface area contributed by atoms with Crippen molar-refractivity contribution in [2.24, 2.45) is 5.92 Å². The van der Waals surface area contributed by atoms with Crippen LogP contribution in [-0.4, -0.2) is 10.7 Å². The van der Waals surface area contributed by atoms with Crippen LogP contribution in [0.2, 0.25) is 0 Å². The van der Waals surface area contributed by atoms with E-state index in [2.05, 4.69) is 24.4 Å². The highest BCUT2D eigenvalue weighted by Gasteiger charge is 2.29. The number of rotatable bonds is 4. The number of aliphatic hydroxyl groups is 1. The fraction of sp³-hybridized carbons (Fsp3) is 0.733. The molecule has 0 aromatic carbocycles. The van der Waals surface area contributed by atoms with E-state index < -0.39 is 0 Å². The number of hydrogen-bond donors (Lipinski definition) is 1. The van der Waals surface area contributed by atoms with Gasteiger partial charge in [-0.15, -0.1) is 11.3 Å². The van der Waals surface area contributed by atoms with Crippen molar-refractivity contribution in [3.63, 3.8) is 0 Å². The van der Waals surface area contributed by atoms with Crippen molar-refractivity contribution in [2.45, 2.75) is 63.9 Å². The van der Waals surface area contributed by atoms with Gasteiger partial charge < -0.3 is 5.11 Å². The van der Waals surface area contributed by atoms with Crippen molar-refractivity contribution >= 4 is 11.3 Å². The van der Waals surface area contributed by atoms with Gasteiger partial charge in [-0.3, -0.25) is 0 Å². The highest BCUT2D eigenvalue weighted by atomic mass is 32.1. The quantitative estimate of drug-likeness (QED) is 0.787. The molecule has 1 N–H and O–H groups in total. The Morgan fingerprint density at radius 3 is 3.00 bits per heavy atom. The molecule has 2 rings (SSSR count). The molecule has 2 unspecified atom stereocenters. The molecule has 1 aliphatic carbocycles. The molecule has 0 radical (unpaired) electrons. The van der Waals surface area contributed by atoms with Gasteiger partial charge in [0, 0.05) is 4.88 Å². The van der Waals surface area contributed by atoms with Crippen molar-refractivity contribution in [1.29, 1.82) is 0 Å². The Kier molecular flexibility index (Phi) is 4.63. The third-order valence-electron chi connectivity index (χ3n) is 4.27. The normalized spacial score (nSPS) is 30.1. The molecular weight excluding hydrogens is 228 g/mol. The van der Waals surface area contributed by atoms with Gasteiger partial charge in [-0.05, 0) is 49.5 Å². The first-order valence-electron chi connectivity index (χ1n) is 6.96. The molecule has 1 heterocycles. The van der Waals surface area contributed by atoms with E-state index in [0.717, 1.165) is 31.6 Å². The first kappa shape index (κ1) is 13.1. The summed E-state index contributed by atoms with van der Waals surface area (Å²) < 4.78 is 0. The molecule has 0 amide bonds. The third kappa shape index (κ3) is 3.82. The zero-order valence-electron chi connectivity index (χ0n) is 10.8. The average Bonchev–Trinajstić information content (AvgIpc) is 2.77. The Morgan fingerprint density at radius 1 is 1.41 bits per heavy atom. The van der Waals surface area contributed by atoms with Crippen LogP contribution in [0.5, 0.6) is 0 Å². The second kappa shape index (κ2) is 6.01. The lowest BCUT2D eigenvalue weighted by molar-refractivity contribution is 0.0159. The minimum Gasteiger partial charge on any atom is -0.390 e. The molecule has 96 valence electrons. The van der Waals surface area contributed by atoms with E-state index in [1.165, 1.54) is 30.6 Å². The van der Waals surface area contributed by atoms with Crippen LogP contribution in [0, 0.1) is 5.92 Å². The van der Waals surface area contributed by atoms with Gasteiger partial charge in [0.05, 0.1) is 5.60 Å². The molecule has 1 fully saturated rings. The number of thiophene rings is 1. The summed E-state index contributed by atoms with van der Waals surface area (Å²) in [6, 6.07) is 4.28. The van der Waals surface area contributed by atoms with Gasteiger partial charge in [0.1, 0.15) is 0 Å². The molecule has 1 saturated carbocycles. The average molecular weight is 252 g/mol. The lowest BCUT2D eigenvalue weighted by Crippen LogP contribution is -2.28. The Bertz CT molecular complexity index is 320. The van der Waals surface area contributed by atoms with Crippen LogP contribution in [-0.2, 0) is 6.42 Å². The molecular formula is C15H24OS. The van der Waals surface area contributed by atoms with Crippen LogP contribution in [0.25, 0.3) is 0 Å². The summed E-state index contributed by atoms with van der Waals surface area (Å²) in [5.74, 6) is 0.853. The van der Waals surface area contributed by atoms with Gasteiger partial charge in [-0.2, -0.15) is 0 Å². The Hall–Kier alpha value is -0.340. The fourth-order valence-corrected chi connectivity index (χ4v) is 3.64. The highest BCUT2D eigenvalue weighted by Crippen LogP contribution is 2.34. The summed E-state index contributed by atoms with van der Waals surface area (Å²) >= 11 is 1.81. The Balaban J connectivity index is 1.85. The number of aryl methyl sites for hydroxylation is 1. The predicted molar refractivity (Wildman–Crippen MR) is 74.5 cm³/mol. The topological polar surface area (TPSA) is 20.2 Å². The van der Waals surface area contributed by atoms with Crippen molar-refractivity contribution in [2.75, 3.05) is 0 Å². The molecule has 2 heteroatoms. The van der Waals surface area contributed by atoms with E-state index in [-0.39, 0.29) is 5.60 Å². The molecule has 1 aromatic rings. The van der Waals surface area contributed by atoms with Crippen LogP contribution in [0.4, 0.5) is 0 Å². The molecule has 0 saturated heterocycles. The summed E-state index contributed by atoms with van der Waals surface area (Å²) in [6.45, 7) is 2.28. The fourth-order valence-electron chi connectivity index (χ4n) is 2.93. The molecule has 0 spiro atoms. The first-order chi connectivity index (χ1) is 8.22. The predicted octanol–water partition coefficient (Wildman–Crippen LogP) is 4.40. The summed E-state index contributed by atoms with van der Waals surface area (Å²) in [5, 5.41) is 12.8. The summed E-state index contributed by atoms with van der Waals surface area (Å²) in [5.41, 5.74) is -0.381. The van der Waals surface area contributed by atoms with E-state index in [1.807, 2.05) is 11.3 Å². The van der Waals surface area contributed by atoms with E-state index >= 15 is 0 Å². The third-order valence-corrected chi connectivity index (χ3v) is 5.20. The van der Waals surface area contributed by atoms with Crippen molar-refractivity contribution in [1.82, 2.24) is 0 Å². The molecule has 2 atom stereocenters. The van der Waals surface area contributed by atoms with Gasteiger partial charge in [0.25, 0.3) is 0 Å². The van der Waals surface area contributed by atoms with E-state index in [4.69, 9.17) is 0 Å². The largest absolute Gasteiger partial charge is 0.390 e. The Morgan fingerprint density at radius 2 is 2.29 bits per heavy atom. The molecule has 0 bridgehead atoms. The minimum atomic E-state index is -0.381. The highest BCUT2D eigenvalue weighted by molar-refractivity contribution is 7.09. The van der Waals surface area contributed by atoms with Crippen LogP contribution in [0.3, 0.4) is 0 Å². The van der Waals surface area contributed by atoms with Gasteiger partial charge in [-0.1, -0.05) is 32.3 Å². The van der Waals surface area contributed by atoms with E-state index in [1.54, 1.807) is 0 Å². The van der Waals surface area contributed by atoms with Crippen molar-refractivity contribution < 1.29 is 5.11 Å². The maximum absolute atomic E-state index is 10.7. The van der Waals surface area contributed by atoms with E-state index in [0.29, 0.717) is 0 Å². The molecule has 1 aliphatic rings. The maximum Gasteiger partial charge on any atom is 0.0651 e. The lowest BCUT2D eigenvalue weighted by atomic mass is 9.88. The van der Waals surface area contributed by atoms with Crippen molar-refractivity contribution in [3.05, 3.63) is 22.4 Å². The molecule has 17 heavy (non-hydrogen) atoms. The summed E-state index contributed by atoms with van der Waals surface area (Å²) in [7, 11) is 0. The standard InChI is InChI=1S/C15H24OS/c1-2-13-5-3-9-15(16,10-7-13)11-8-14-6-4-12-17-14/h4,6,12-13,16H,2-3,5,7-11H2,1H3. The van der Waals surface area contributed by atoms with Crippen molar-refractivity contribution in [3.8, 4) is 0 Å². The molecule has 1 aromatic heterocycles. The zero-order chi connectivity index (χ0) is 12.1. The lowest BCUT2D eigenvalue weighted by Gasteiger charge is -2.26. The number of hydrogen-bond acceptors (Lipinski definition) is 2. The van der Waals surface area contributed by atoms with Gasteiger partial charge >= 0.3 is 0 Å². The van der Waals surface area contributed by atoms with Crippen LogP contribution < -0.4 is 0 Å². The SMILES string of the molecule is CCC1CCCC(O)(CCc2cccs2)CC1. The second-order valence-electron chi connectivity index (χ2n) is 5.51. The summed E-state index contributed by atoms with van der Waals surface area (Å²) in [4.78, 5) is 1.41. The second-order valence-corrected chi connectivity index (χ2v) is 6.54. The van der Waals surface area contributed by atoms with E-state index in [9.17, 15) is 5.11 Å². The van der Waals surface area contributed by atoms with Gasteiger partial charge in [-0.25, -0.2) is 0 Å². The van der Waals surface area contributed by atoms with Crippen LogP contribution >= 0.6 is 11.3 Å². The maximum atomic E-state index is 10.7. The minimum absolute atomic E-state index is 0.381. The molecule has 1 nitrogen and oxygen atoms in total. The Labute approximate surface area is 109 Å². The van der Waals surface area contributed by atoms with Gasteiger partial charge in [0.15, 0.2) is 0 Å². The smallest absolute Gasteiger partial charge is 0.0651 e. The molecule has 0 aliphatic heterocycles. The summed E-state index contributed by atoms with van der Waals surface area (Å²) in [6.07, 6.45) is 9.04. The zero-order valence-corrected chi connectivity index (χ0v) is 11.6.